The van der Waals surface area contributed by atoms with Crippen LogP contribution in [0.1, 0.15) is 51.0 Å². The Morgan fingerprint density at radius 1 is 1.29 bits per heavy atom. The second-order valence-electron chi connectivity index (χ2n) is 4.97. The Morgan fingerprint density at radius 2 is 1.94 bits per heavy atom. The normalized spacial score (nSPS) is 17.5. The van der Waals surface area contributed by atoms with Crippen LogP contribution in [0.2, 0.25) is 5.02 Å². The highest BCUT2D eigenvalue weighted by Gasteiger charge is 2.44. The summed E-state index contributed by atoms with van der Waals surface area (Å²) in [4.78, 5) is 12.4. The van der Waals surface area contributed by atoms with Crippen LogP contribution < -0.4 is 0 Å². The fourth-order valence-corrected chi connectivity index (χ4v) is 2.73. The highest BCUT2D eigenvalue weighted by atomic mass is 35.5. The molecule has 2 rings (SSSR count). The first-order valence-electron chi connectivity index (χ1n) is 6.48. The Bertz CT molecular complexity index is 390. The SMILES string of the molecule is CCCCC(=O)C1(c2ccc(Cl)cc2)CCC1. The molecule has 0 bridgehead atoms. The summed E-state index contributed by atoms with van der Waals surface area (Å²) in [6.07, 6.45) is 6.00. The van der Waals surface area contributed by atoms with Crippen molar-refractivity contribution in [2.24, 2.45) is 0 Å². The number of carbonyl (C=O) groups excluding carboxylic acids is 1. The number of halogens is 1. The number of unbranched alkanes of at least 4 members (excludes halogenated alkanes) is 1. The van der Waals surface area contributed by atoms with Crippen molar-refractivity contribution in [1.82, 2.24) is 0 Å². The van der Waals surface area contributed by atoms with Gasteiger partial charge in [0.05, 0.1) is 5.41 Å². The molecule has 1 aliphatic rings. The van der Waals surface area contributed by atoms with E-state index in [-0.39, 0.29) is 5.41 Å². The molecule has 0 radical (unpaired) electrons. The number of hydrogen-bond donors (Lipinski definition) is 0. The molecular formula is C15H19ClO. The molecule has 0 spiro atoms. The number of hydrogen-bond acceptors (Lipinski definition) is 1. The minimum atomic E-state index is -0.181. The van der Waals surface area contributed by atoms with Gasteiger partial charge in [-0.2, -0.15) is 0 Å². The summed E-state index contributed by atoms with van der Waals surface area (Å²) in [7, 11) is 0. The van der Waals surface area contributed by atoms with Gasteiger partial charge in [0, 0.05) is 11.4 Å². The molecule has 1 nitrogen and oxygen atoms in total. The molecular weight excluding hydrogens is 232 g/mol. The average molecular weight is 251 g/mol. The van der Waals surface area contributed by atoms with Crippen LogP contribution in [0, 0.1) is 0 Å². The molecule has 1 fully saturated rings. The monoisotopic (exact) mass is 250 g/mol. The van der Waals surface area contributed by atoms with Crippen molar-refractivity contribution in [2.45, 2.75) is 50.9 Å². The average Bonchev–Trinajstić information content (AvgIpc) is 2.27. The van der Waals surface area contributed by atoms with Crippen molar-refractivity contribution in [3.05, 3.63) is 34.9 Å². The van der Waals surface area contributed by atoms with E-state index in [0.717, 1.165) is 42.7 Å². The minimum absolute atomic E-state index is 0.181. The molecule has 1 aliphatic carbocycles. The number of Topliss-reactive ketones (excluding diaryl/α,β-unsaturated/α-hetero) is 1. The highest BCUT2D eigenvalue weighted by molar-refractivity contribution is 6.30. The van der Waals surface area contributed by atoms with Crippen LogP contribution in [0.3, 0.4) is 0 Å². The Balaban J connectivity index is 2.19. The number of benzene rings is 1. The van der Waals surface area contributed by atoms with E-state index in [1.165, 1.54) is 6.42 Å². The van der Waals surface area contributed by atoms with E-state index < -0.39 is 0 Å². The number of ketones is 1. The molecule has 0 saturated heterocycles. The molecule has 0 unspecified atom stereocenters. The van der Waals surface area contributed by atoms with Gasteiger partial charge in [-0.1, -0.05) is 43.5 Å². The third kappa shape index (κ3) is 2.40. The predicted molar refractivity (Wildman–Crippen MR) is 71.5 cm³/mol. The first-order chi connectivity index (χ1) is 8.19. The predicted octanol–water partition coefficient (Wildman–Crippen LogP) is 4.52. The molecule has 0 heterocycles. The van der Waals surface area contributed by atoms with Gasteiger partial charge >= 0.3 is 0 Å². The minimum Gasteiger partial charge on any atom is -0.299 e. The Labute approximate surface area is 108 Å². The fourth-order valence-electron chi connectivity index (χ4n) is 2.60. The smallest absolute Gasteiger partial charge is 0.143 e. The van der Waals surface area contributed by atoms with Crippen molar-refractivity contribution < 1.29 is 4.79 Å². The lowest BCUT2D eigenvalue weighted by molar-refractivity contribution is -0.127. The highest BCUT2D eigenvalue weighted by Crippen LogP contribution is 2.45. The van der Waals surface area contributed by atoms with Crippen LogP contribution in [0.25, 0.3) is 0 Å². The fraction of sp³-hybridized carbons (Fsp3) is 0.533. The summed E-state index contributed by atoms with van der Waals surface area (Å²) in [6, 6.07) is 7.82. The van der Waals surface area contributed by atoms with E-state index in [0.29, 0.717) is 5.78 Å². The first kappa shape index (κ1) is 12.6. The summed E-state index contributed by atoms with van der Waals surface area (Å²) in [6.45, 7) is 2.13. The van der Waals surface area contributed by atoms with E-state index in [2.05, 4.69) is 6.92 Å². The third-order valence-corrected chi connectivity index (χ3v) is 4.15. The van der Waals surface area contributed by atoms with Crippen molar-refractivity contribution in [1.29, 1.82) is 0 Å². The molecule has 1 saturated carbocycles. The van der Waals surface area contributed by atoms with Crippen LogP contribution >= 0.6 is 11.6 Å². The molecule has 0 atom stereocenters. The van der Waals surface area contributed by atoms with Crippen molar-refractivity contribution in [3.8, 4) is 0 Å². The summed E-state index contributed by atoms with van der Waals surface area (Å²) in [5, 5.41) is 0.740. The van der Waals surface area contributed by atoms with Crippen LogP contribution in [0.5, 0.6) is 0 Å². The van der Waals surface area contributed by atoms with Gasteiger partial charge in [-0.05, 0) is 37.0 Å². The number of carbonyl (C=O) groups is 1. The maximum atomic E-state index is 12.4. The van der Waals surface area contributed by atoms with E-state index in [1.54, 1.807) is 0 Å². The first-order valence-corrected chi connectivity index (χ1v) is 6.86. The molecule has 1 aromatic rings. The van der Waals surface area contributed by atoms with Crippen LogP contribution in [0.4, 0.5) is 0 Å². The zero-order valence-electron chi connectivity index (χ0n) is 10.3. The van der Waals surface area contributed by atoms with Gasteiger partial charge in [-0.3, -0.25) is 4.79 Å². The molecule has 2 heteroatoms. The van der Waals surface area contributed by atoms with Crippen LogP contribution in [-0.4, -0.2) is 5.78 Å². The van der Waals surface area contributed by atoms with E-state index in [9.17, 15) is 4.79 Å². The van der Waals surface area contributed by atoms with Crippen molar-refractivity contribution in [3.63, 3.8) is 0 Å². The molecule has 1 aromatic carbocycles. The Hall–Kier alpha value is -0.820. The topological polar surface area (TPSA) is 17.1 Å². The van der Waals surface area contributed by atoms with E-state index in [1.807, 2.05) is 24.3 Å². The number of rotatable bonds is 5. The molecule has 17 heavy (non-hydrogen) atoms. The van der Waals surface area contributed by atoms with Crippen molar-refractivity contribution in [2.75, 3.05) is 0 Å². The van der Waals surface area contributed by atoms with E-state index >= 15 is 0 Å². The quantitative estimate of drug-likeness (QED) is 0.751. The van der Waals surface area contributed by atoms with Gasteiger partial charge in [-0.15, -0.1) is 0 Å². The van der Waals surface area contributed by atoms with Gasteiger partial charge in [0.15, 0.2) is 0 Å². The zero-order chi connectivity index (χ0) is 12.3. The lowest BCUT2D eigenvalue weighted by atomic mass is 9.61. The third-order valence-electron chi connectivity index (χ3n) is 3.90. The Kier molecular flexibility index (Phi) is 3.88. The van der Waals surface area contributed by atoms with Crippen LogP contribution in [0.15, 0.2) is 24.3 Å². The molecule has 0 amide bonds. The van der Waals surface area contributed by atoms with Crippen LogP contribution in [-0.2, 0) is 10.2 Å². The second-order valence-corrected chi connectivity index (χ2v) is 5.41. The lowest BCUT2D eigenvalue weighted by Gasteiger charge is -2.41. The molecule has 92 valence electrons. The summed E-state index contributed by atoms with van der Waals surface area (Å²) < 4.78 is 0. The second kappa shape index (κ2) is 5.22. The van der Waals surface area contributed by atoms with Crippen molar-refractivity contribution >= 4 is 17.4 Å². The van der Waals surface area contributed by atoms with Gasteiger partial charge in [0.1, 0.15) is 5.78 Å². The molecule has 0 N–H and O–H groups in total. The maximum absolute atomic E-state index is 12.4. The standard InChI is InChI=1S/C15H19ClO/c1-2-3-5-14(17)15(10-4-11-15)12-6-8-13(16)9-7-12/h6-9H,2-5,10-11H2,1H3. The van der Waals surface area contributed by atoms with Gasteiger partial charge in [-0.25, -0.2) is 0 Å². The Morgan fingerprint density at radius 3 is 2.41 bits per heavy atom. The molecule has 0 aliphatic heterocycles. The van der Waals surface area contributed by atoms with Gasteiger partial charge in [0.2, 0.25) is 0 Å². The van der Waals surface area contributed by atoms with E-state index in [4.69, 9.17) is 11.6 Å². The summed E-state index contributed by atoms with van der Waals surface area (Å²) in [5.74, 6) is 0.424. The largest absolute Gasteiger partial charge is 0.299 e. The van der Waals surface area contributed by atoms with Gasteiger partial charge in [0.25, 0.3) is 0 Å². The maximum Gasteiger partial charge on any atom is 0.143 e. The zero-order valence-corrected chi connectivity index (χ0v) is 11.1. The summed E-state index contributed by atoms with van der Waals surface area (Å²) >= 11 is 5.90. The lowest BCUT2D eigenvalue weighted by Crippen LogP contribution is -2.42. The molecule has 0 aromatic heterocycles. The summed E-state index contributed by atoms with van der Waals surface area (Å²) in [5.41, 5.74) is 0.981. The van der Waals surface area contributed by atoms with Gasteiger partial charge < -0.3 is 0 Å².